The first-order valence-corrected chi connectivity index (χ1v) is 7.35. The number of rotatable bonds is 6. The third-order valence-electron chi connectivity index (χ3n) is 2.63. The van der Waals surface area contributed by atoms with Gasteiger partial charge in [0.15, 0.2) is 15.9 Å². The maximum atomic E-state index is 11.6. The van der Waals surface area contributed by atoms with Gasteiger partial charge in [0.1, 0.15) is 0 Å². The second-order valence-corrected chi connectivity index (χ2v) is 6.36. The number of carboxylic acid groups (broad SMARTS) is 1. The number of aliphatic carboxylic acids is 1. The lowest BCUT2D eigenvalue weighted by atomic mass is 10.2. The van der Waals surface area contributed by atoms with E-state index in [0.29, 0.717) is 19.3 Å². The maximum Gasteiger partial charge on any atom is 0.332 e. The zero-order chi connectivity index (χ0) is 12.2. The van der Waals surface area contributed by atoms with Crippen LogP contribution in [0.5, 0.6) is 0 Å². The van der Waals surface area contributed by atoms with E-state index in [1.807, 2.05) is 6.92 Å². The van der Waals surface area contributed by atoms with Crippen LogP contribution < -0.4 is 0 Å². The van der Waals surface area contributed by atoms with Crippen LogP contribution in [0.4, 0.5) is 0 Å². The lowest BCUT2D eigenvalue weighted by Gasteiger charge is -2.11. The summed E-state index contributed by atoms with van der Waals surface area (Å²) in [7, 11) is -3.09. The molecule has 1 heterocycles. The van der Waals surface area contributed by atoms with Crippen molar-refractivity contribution in [3.05, 3.63) is 0 Å². The van der Waals surface area contributed by atoms with Crippen molar-refractivity contribution < 1.29 is 23.1 Å². The van der Waals surface area contributed by atoms with E-state index in [9.17, 15) is 13.2 Å². The van der Waals surface area contributed by atoms with Crippen LogP contribution in [0.15, 0.2) is 0 Å². The van der Waals surface area contributed by atoms with Gasteiger partial charge in [0.05, 0.1) is 17.6 Å². The van der Waals surface area contributed by atoms with Crippen LogP contribution in [0.25, 0.3) is 0 Å². The van der Waals surface area contributed by atoms with Gasteiger partial charge in [-0.25, -0.2) is 13.2 Å². The molecule has 0 amide bonds. The summed E-state index contributed by atoms with van der Waals surface area (Å²) in [5.74, 6) is -0.883. The molecule has 0 bridgehead atoms. The molecule has 1 fully saturated rings. The SMILES string of the molecule is CCCCS(=O)(=O)CC1CCC(C(=O)O)O1. The molecule has 0 aromatic rings. The van der Waals surface area contributed by atoms with E-state index in [1.165, 1.54) is 0 Å². The zero-order valence-electron chi connectivity index (χ0n) is 9.39. The molecule has 0 aliphatic carbocycles. The largest absolute Gasteiger partial charge is 0.479 e. The van der Waals surface area contributed by atoms with Crippen molar-refractivity contribution in [2.24, 2.45) is 0 Å². The van der Waals surface area contributed by atoms with E-state index >= 15 is 0 Å². The highest BCUT2D eigenvalue weighted by atomic mass is 32.2. The molecular weight excluding hydrogens is 232 g/mol. The summed E-state index contributed by atoms with van der Waals surface area (Å²) in [5, 5.41) is 8.70. The Balaban J connectivity index is 2.41. The quantitative estimate of drug-likeness (QED) is 0.755. The Labute approximate surface area is 95.7 Å². The molecule has 6 heteroatoms. The highest BCUT2D eigenvalue weighted by Gasteiger charge is 2.32. The molecule has 0 aromatic heterocycles. The first-order valence-electron chi connectivity index (χ1n) is 5.53. The Morgan fingerprint density at radius 2 is 2.12 bits per heavy atom. The van der Waals surface area contributed by atoms with E-state index in [4.69, 9.17) is 9.84 Å². The van der Waals surface area contributed by atoms with Gasteiger partial charge in [0, 0.05) is 0 Å². The van der Waals surface area contributed by atoms with Crippen LogP contribution in [-0.4, -0.2) is 43.2 Å². The minimum absolute atomic E-state index is 0.0449. The Kier molecular flexibility index (Phi) is 4.73. The van der Waals surface area contributed by atoms with E-state index in [1.54, 1.807) is 0 Å². The molecular formula is C10H18O5S. The molecule has 16 heavy (non-hydrogen) atoms. The lowest BCUT2D eigenvalue weighted by molar-refractivity contribution is -0.148. The number of carboxylic acids is 1. The Morgan fingerprint density at radius 1 is 1.44 bits per heavy atom. The number of sulfone groups is 1. The van der Waals surface area contributed by atoms with E-state index in [2.05, 4.69) is 0 Å². The van der Waals surface area contributed by atoms with Gasteiger partial charge < -0.3 is 9.84 Å². The molecule has 1 aliphatic heterocycles. The van der Waals surface area contributed by atoms with Gasteiger partial charge in [-0.05, 0) is 19.3 Å². The van der Waals surface area contributed by atoms with Crippen LogP contribution in [0, 0.1) is 0 Å². The normalized spacial score (nSPS) is 25.8. The summed E-state index contributed by atoms with van der Waals surface area (Å²) in [6.07, 6.45) is 1.14. The second kappa shape index (κ2) is 5.63. The molecule has 5 nitrogen and oxygen atoms in total. The highest BCUT2D eigenvalue weighted by Crippen LogP contribution is 2.21. The van der Waals surface area contributed by atoms with Gasteiger partial charge in [0.2, 0.25) is 0 Å². The van der Waals surface area contributed by atoms with Crippen molar-refractivity contribution in [1.82, 2.24) is 0 Å². The first kappa shape index (κ1) is 13.4. The summed E-state index contributed by atoms with van der Waals surface area (Å²) >= 11 is 0. The van der Waals surface area contributed by atoms with Crippen molar-refractivity contribution in [2.75, 3.05) is 11.5 Å². The average molecular weight is 250 g/mol. The Bertz CT molecular complexity index is 335. The summed E-state index contributed by atoms with van der Waals surface area (Å²) in [6, 6.07) is 0. The highest BCUT2D eigenvalue weighted by molar-refractivity contribution is 7.91. The van der Waals surface area contributed by atoms with E-state index in [-0.39, 0.29) is 11.5 Å². The summed E-state index contributed by atoms with van der Waals surface area (Å²) in [6.45, 7) is 1.93. The predicted molar refractivity (Wildman–Crippen MR) is 59.1 cm³/mol. The fourth-order valence-corrected chi connectivity index (χ4v) is 3.45. The van der Waals surface area contributed by atoms with Gasteiger partial charge >= 0.3 is 5.97 Å². The molecule has 1 rings (SSSR count). The molecule has 1 aliphatic rings. The molecule has 0 spiro atoms. The van der Waals surface area contributed by atoms with Gasteiger partial charge in [-0.3, -0.25) is 0 Å². The summed E-state index contributed by atoms with van der Waals surface area (Å²) in [5.41, 5.74) is 0. The minimum Gasteiger partial charge on any atom is -0.479 e. The molecule has 0 saturated carbocycles. The fraction of sp³-hybridized carbons (Fsp3) is 0.900. The monoisotopic (exact) mass is 250 g/mol. The van der Waals surface area contributed by atoms with Crippen LogP contribution in [0.3, 0.4) is 0 Å². The number of unbranched alkanes of at least 4 members (excludes halogenated alkanes) is 1. The van der Waals surface area contributed by atoms with Crippen LogP contribution in [0.2, 0.25) is 0 Å². The number of ether oxygens (including phenoxy) is 1. The Hall–Kier alpha value is -0.620. The minimum atomic E-state index is -3.09. The number of hydrogen-bond donors (Lipinski definition) is 1. The number of carbonyl (C=O) groups is 1. The third kappa shape index (κ3) is 4.09. The van der Waals surface area contributed by atoms with Crippen LogP contribution in [0.1, 0.15) is 32.6 Å². The van der Waals surface area contributed by atoms with Gasteiger partial charge in [-0.2, -0.15) is 0 Å². The van der Waals surface area contributed by atoms with E-state index in [0.717, 1.165) is 6.42 Å². The van der Waals surface area contributed by atoms with E-state index < -0.39 is 28.0 Å². The topological polar surface area (TPSA) is 80.7 Å². The number of hydrogen-bond acceptors (Lipinski definition) is 4. The van der Waals surface area contributed by atoms with Crippen LogP contribution in [-0.2, 0) is 19.4 Å². The third-order valence-corrected chi connectivity index (χ3v) is 4.42. The standard InChI is InChI=1S/C10H18O5S/c1-2-3-6-16(13,14)7-8-4-5-9(15-8)10(11)12/h8-9H,2-7H2,1H3,(H,11,12). The fourth-order valence-electron chi connectivity index (χ4n) is 1.74. The summed E-state index contributed by atoms with van der Waals surface area (Å²) < 4.78 is 28.3. The Morgan fingerprint density at radius 3 is 2.62 bits per heavy atom. The molecule has 2 unspecified atom stereocenters. The van der Waals surface area contributed by atoms with Gasteiger partial charge in [0.25, 0.3) is 0 Å². The molecule has 1 saturated heterocycles. The molecule has 1 N–H and O–H groups in total. The van der Waals surface area contributed by atoms with Crippen molar-refractivity contribution in [3.8, 4) is 0 Å². The van der Waals surface area contributed by atoms with Crippen molar-refractivity contribution in [2.45, 2.75) is 44.8 Å². The smallest absolute Gasteiger partial charge is 0.332 e. The predicted octanol–water partition coefficient (Wildman–Crippen LogP) is 0.834. The van der Waals surface area contributed by atoms with Crippen molar-refractivity contribution in [1.29, 1.82) is 0 Å². The molecule has 94 valence electrons. The molecule has 0 radical (unpaired) electrons. The summed E-state index contributed by atoms with van der Waals surface area (Å²) in [4.78, 5) is 10.6. The van der Waals surface area contributed by atoms with Crippen LogP contribution >= 0.6 is 0 Å². The van der Waals surface area contributed by atoms with Gasteiger partial charge in [-0.1, -0.05) is 13.3 Å². The molecule has 2 atom stereocenters. The van der Waals surface area contributed by atoms with Crippen molar-refractivity contribution in [3.63, 3.8) is 0 Å². The first-order chi connectivity index (χ1) is 7.44. The maximum absolute atomic E-state index is 11.6. The average Bonchev–Trinajstić information content (AvgIpc) is 2.62. The second-order valence-electron chi connectivity index (χ2n) is 4.13. The lowest BCUT2D eigenvalue weighted by Crippen LogP contribution is -2.26. The molecule has 0 aromatic carbocycles. The van der Waals surface area contributed by atoms with Crippen molar-refractivity contribution >= 4 is 15.8 Å². The zero-order valence-corrected chi connectivity index (χ0v) is 10.2. The van der Waals surface area contributed by atoms with Gasteiger partial charge in [-0.15, -0.1) is 0 Å².